The normalized spacial score (nSPS) is 15.1. The van der Waals surface area contributed by atoms with Crippen LogP contribution in [0.4, 0.5) is 0 Å². The molecule has 1 aromatic heterocycles. The predicted molar refractivity (Wildman–Crippen MR) is 136 cm³/mol. The Hall–Kier alpha value is -3.90. The zero-order chi connectivity index (χ0) is 24.4. The molecule has 0 aliphatic carbocycles. The number of carbonyl (C=O) groups is 1. The number of carbonyl (C=O) groups excluding carboxylic acids is 1. The van der Waals surface area contributed by atoms with E-state index >= 15 is 0 Å². The standard InChI is InChI=1S/C29H28N2O4/c1-30(2)17-8-18-31-26(21-13-15-22(16-14-21)34-19-20-9-4-3-5-10-20)25-27(32)23-11-6-7-12-24(23)35-28(25)29(31)33/h3-7,9-16,26H,8,17-19H2,1-2H3/t26-/m0/s1. The van der Waals surface area contributed by atoms with Crippen molar-refractivity contribution in [2.45, 2.75) is 19.1 Å². The maximum atomic E-state index is 13.5. The van der Waals surface area contributed by atoms with E-state index in [1.807, 2.05) is 74.8 Å². The first-order valence-corrected chi connectivity index (χ1v) is 11.8. The second kappa shape index (κ2) is 9.76. The summed E-state index contributed by atoms with van der Waals surface area (Å²) in [4.78, 5) is 30.8. The van der Waals surface area contributed by atoms with Gasteiger partial charge in [0.25, 0.3) is 5.91 Å². The van der Waals surface area contributed by atoms with Crippen molar-refractivity contribution >= 4 is 16.9 Å². The van der Waals surface area contributed by atoms with E-state index in [9.17, 15) is 9.59 Å². The summed E-state index contributed by atoms with van der Waals surface area (Å²) >= 11 is 0. The van der Waals surface area contributed by atoms with Crippen molar-refractivity contribution in [3.63, 3.8) is 0 Å². The quantitative estimate of drug-likeness (QED) is 0.369. The number of hydrogen-bond donors (Lipinski definition) is 0. The molecule has 1 atom stereocenters. The Balaban J connectivity index is 1.49. The summed E-state index contributed by atoms with van der Waals surface area (Å²) < 4.78 is 11.9. The first kappa shape index (κ1) is 22.9. The summed E-state index contributed by atoms with van der Waals surface area (Å²) in [6, 6.07) is 24.2. The lowest BCUT2D eigenvalue weighted by atomic mass is 9.98. The van der Waals surface area contributed by atoms with Crippen LogP contribution in [0.25, 0.3) is 11.0 Å². The highest BCUT2D eigenvalue weighted by Gasteiger charge is 2.42. The highest BCUT2D eigenvalue weighted by Crippen LogP contribution is 2.38. The molecule has 3 aromatic carbocycles. The molecule has 0 radical (unpaired) electrons. The lowest BCUT2D eigenvalue weighted by Gasteiger charge is -2.26. The predicted octanol–water partition coefficient (Wildman–Crippen LogP) is 4.87. The number of benzene rings is 3. The number of ether oxygens (including phenoxy) is 1. The molecule has 0 unspecified atom stereocenters. The Morgan fingerprint density at radius 1 is 0.914 bits per heavy atom. The molecule has 4 aromatic rings. The van der Waals surface area contributed by atoms with E-state index in [1.54, 1.807) is 23.1 Å². The van der Waals surface area contributed by atoms with Crippen LogP contribution in [-0.2, 0) is 6.61 Å². The molecule has 0 saturated carbocycles. The summed E-state index contributed by atoms with van der Waals surface area (Å²) in [6.45, 7) is 1.83. The van der Waals surface area contributed by atoms with Crippen LogP contribution in [0.1, 0.15) is 39.7 Å². The highest BCUT2D eigenvalue weighted by molar-refractivity contribution is 5.99. The van der Waals surface area contributed by atoms with Gasteiger partial charge in [-0.3, -0.25) is 9.59 Å². The molecule has 178 valence electrons. The van der Waals surface area contributed by atoms with Gasteiger partial charge in [-0.25, -0.2) is 0 Å². The fourth-order valence-corrected chi connectivity index (χ4v) is 4.59. The molecule has 1 aliphatic rings. The van der Waals surface area contributed by atoms with Gasteiger partial charge in [0.1, 0.15) is 17.9 Å². The van der Waals surface area contributed by atoms with Crippen LogP contribution in [0.5, 0.6) is 5.75 Å². The third kappa shape index (κ3) is 4.57. The minimum absolute atomic E-state index is 0.146. The molecular formula is C29H28N2O4. The van der Waals surface area contributed by atoms with Gasteiger partial charge in [-0.2, -0.15) is 0 Å². The maximum absolute atomic E-state index is 13.5. The second-order valence-electron chi connectivity index (χ2n) is 9.07. The van der Waals surface area contributed by atoms with Crippen LogP contribution in [-0.4, -0.2) is 42.9 Å². The Kier molecular flexibility index (Phi) is 6.38. The second-order valence-corrected chi connectivity index (χ2v) is 9.07. The zero-order valence-electron chi connectivity index (χ0n) is 19.9. The van der Waals surface area contributed by atoms with Crippen molar-refractivity contribution in [3.05, 3.63) is 112 Å². The lowest BCUT2D eigenvalue weighted by Crippen LogP contribution is -2.32. The van der Waals surface area contributed by atoms with Crippen LogP contribution in [0.3, 0.4) is 0 Å². The van der Waals surface area contributed by atoms with Gasteiger partial charge < -0.3 is 19.0 Å². The average Bonchev–Trinajstić information content (AvgIpc) is 3.15. The summed E-state index contributed by atoms with van der Waals surface area (Å²) in [5.74, 6) is 0.635. The molecule has 1 amide bonds. The van der Waals surface area contributed by atoms with Gasteiger partial charge in [-0.15, -0.1) is 0 Å². The Morgan fingerprint density at radius 3 is 2.37 bits per heavy atom. The molecular weight excluding hydrogens is 440 g/mol. The smallest absolute Gasteiger partial charge is 0.290 e. The first-order valence-electron chi connectivity index (χ1n) is 11.8. The van der Waals surface area contributed by atoms with Crippen molar-refractivity contribution in [1.29, 1.82) is 0 Å². The summed E-state index contributed by atoms with van der Waals surface area (Å²) in [7, 11) is 4.01. The van der Waals surface area contributed by atoms with Gasteiger partial charge in [-0.05, 0) is 62.5 Å². The van der Waals surface area contributed by atoms with Crippen LogP contribution < -0.4 is 10.2 Å². The van der Waals surface area contributed by atoms with Crippen molar-refractivity contribution in [3.8, 4) is 5.75 Å². The van der Waals surface area contributed by atoms with Gasteiger partial charge in [0.05, 0.1) is 17.0 Å². The molecule has 2 heterocycles. The molecule has 0 bridgehead atoms. The fraction of sp³-hybridized carbons (Fsp3) is 0.241. The largest absolute Gasteiger partial charge is 0.489 e. The van der Waals surface area contributed by atoms with Crippen LogP contribution in [0.2, 0.25) is 0 Å². The molecule has 35 heavy (non-hydrogen) atoms. The first-order chi connectivity index (χ1) is 17.0. The van der Waals surface area contributed by atoms with E-state index in [-0.39, 0.29) is 17.1 Å². The van der Waals surface area contributed by atoms with Crippen LogP contribution >= 0.6 is 0 Å². The van der Waals surface area contributed by atoms with Gasteiger partial charge >= 0.3 is 0 Å². The van der Waals surface area contributed by atoms with Crippen molar-refractivity contribution in [2.24, 2.45) is 0 Å². The van der Waals surface area contributed by atoms with Gasteiger partial charge in [0.15, 0.2) is 5.43 Å². The van der Waals surface area contributed by atoms with E-state index < -0.39 is 6.04 Å². The molecule has 0 saturated heterocycles. The number of amides is 1. The maximum Gasteiger partial charge on any atom is 0.290 e. The van der Waals surface area contributed by atoms with Crippen molar-refractivity contribution < 1.29 is 13.9 Å². The molecule has 6 heteroatoms. The van der Waals surface area contributed by atoms with Crippen molar-refractivity contribution in [1.82, 2.24) is 9.80 Å². The van der Waals surface area contributed by atoms with Gasteiger partial charge in [0.2, 0.25) is 5.76 Å². The molecule has 1 aliphatic heterocycles. The molecule has 0 N–H and O–H groups in total. The van der Waals surface area contributed by atoms with E-state index in [0.717, 1.165) is 29.8 Å². The number of nitrogens with zero attached hydrogens (tertiary/aromatic N) is 2. The summed E-state index contributed by atoms with van der Waals surface area (Å²) in [5, 5.41) is 0.488. The third-order valence-corrected chi connectivity index (χ3v) is 6.32. The van der Waals surface area contributed by atoms with Crippen LogP contribution in [0.15, 0.2) is 88.1 Å². The average molecular weight is 469 g/mol. The number of hydrogen-bond acceptors (Lipinski definition) is 5. The third-order valence-electron chi connectivity index (χ3n) is 6.32. The van der Waals surface area contributed by atoms with E-state index in [4.69, 9.17) is 9.15 Å². The van der Waals surface area contributed by atoms with Gasteiger partial charge in [-0.1, -0.05) is 54.6 Å². The van der Waals surface area contributed by atoms with Gasteiger partial charge in [0, 0.05) is 6.54 Å². The Labute approximate surface area is 204 Å². The Bertz CT molecular complexity index is 1390. The molecule has 5 rings (SSSR count). The minimum atomic E-state index is -0.497. The number of fused-ring (bicyclic) bond motifs is 2. The van der Waals surface area contributed by atoms with Crippen LogP contribution in [0, 0.1) is 0 Å². The molecule has 6 nitrogen and oxygen atoms in total. The number of rotatable bonds is 8. The zero-order valence-corrected chi connectivity index (χ0v) is 19.9. The van der Waals surface area contributed by atoms with E-state index in [1.165, 1.54) is 0 Å². The van der Waals surface area contributed by atoms with Crippen molar-refractivity contribution in [2.75, 3.05) is 27.2 Å². The topological polar surface area (TPSA) is 63.0 Å². The Morgan fingerprint density at radius 2 is 1.63 bits per heavy atom. The van der Waals surface area contributed by atoms with E-state index in [0.29, 0.717) is 29.7 Å². The summed E-state index contributed by atoms with van der Waals surface area (Å²) in [5.41, 5.74) is 2.64. The number of para-hydroxylation sites is 1. The fourth-order valence-electron chi connectivity index (χ4n) is 4.59. The minimum Gasteiger partial charge on any atom is -0.489 e. The van der Waals surface area contributed by atoms with E-state index in [2.05, 4.69) is 4.90 Å². The SMILES string of the molecule is CN(C)CCCN1C(=O)c2oc3ccccc3c(=O)c2[C@@H]1c1ccc(OCc2ccccc2)cc1. The molecule has 0 spiro atoms. The highest BCUT2D eigenvalue weighted by atomic mass is 16.5. The molecule has 0 fully saturated rings. The lowest BCUT2D eigenvalue weighted by molar-refractivity contribution is 0.0722. The summed E-state index contributed by atoms with van der Waals surface area (Å²) in [6.07, 6.45) is 0.787. The monoisotopic (exact) mass is 468 g/mol.